The second kappa shape index (κ2) is 7.69. The Morgan fingerprint density at radius 1 is 1.33 bits per heavy atom. The van der Waals surface area contributed by atoms with Gasteiger partial charge in [-0.15, -0.1) is 0 Å². The van der Waals surface area contributed by atoms with Crippen molar-refractivity contribution in [1.29, 1.82) is 0 Å². The van der Waals surface area contributed by atoms with Crippen LogP contribution in [0.2, 0.25) is 32.7 Å². The van der Waals surface area contributed by atoms with E-state index < -0.39 is 40.5 Å². The van der Waals surface area contributed by atoms with Crippen LogP contribution in [0.3, 0.4) is 0 Å². The molecule has 0 saturated carbocycles. The van der Waals surface area contributed by atoms with E-state index >= 15 is 0 Å². The summed E-state index contributed by atoms with van der Waals surface area (Å²) in [5.74, 6) is -0.601. The summed E-state index contributed by atoms with van der Waals surface area (Å²) >= 11 is 0. The maximum Gasteiger partial charge on any atom is 0.330 e. The van der Waals surface area contributed by atoms with Gasteiger partial charge in [-0.05, 0) is 39.2 Å². The molecule has 0 saturated heterocycles. The Balaban J connectivity index is 5.82. The van der Waals surface area contributed by atoms with Gasteiger partial charge in [0.1, 0.15) is 6.10 Å². The Kier molecular flexibility index (Phi) is 7.51. The quantitative estimate of drug-likeness (QED) is 0.384. The summed E-state index contributed by atoms with van der Waals surface area (Å²) in [4.78, 5) is 11.8. The lowest BCUT2D eigenvalue weighted by molar-refractivity contribution is -0.160. The predicted octanol–water partition coefficient (Wildman–Crippen LogP) is 2.20. The summed E-state index contributed by atoms with van der Waals surface area (Å²) in [6.45, 7) is 14.9. The van der Waals surface area contributed by atoms with Gasteiger partial charge in [-0.25, -0.2) is 4.79 Å². The van der Waals surface area contributed by atoms with Gasteiger partial charge < -0.3 is 19.1 Å². The highest BCUT2D eigenvalue weighted by molar-refractivity contribution is 6.86. The van der Waals surface area contributed by atoms with E-state index in [0.717, 1.165) is 6.08 Å². The predicted molar refractivity (Wildman–Crippen MR) is 88.9 cm³/mol. The first-order valence-corrected chi connectivity index (χ1v) is 13.6. The third-order valence-electron chi connectivity index (χ3n) is 3.36. The molecule has 21 heavy (non-hydrogen) atoms. The highest BCUT2D eigenvalue weighted by atomic mass is 28.4. The molecule has 0 aliphatic carbocycles. The van der Waals surface area contributed by atoms with Crippen LogP contribution in [0.15, 0.2) is 12.7 Å². The molecule has 0 heterocycles. The van der Waals surface area contributed by atoms with Crippen LogP contribution >= 0.6 is 0 Å². The van der Waals surface area contributed by atoms with Gasteiger partial charge in [0.05, 0.1) is 6.61 Å². The van der Waals surface area contributed by atoms with Crippen molar-refractivity contribution in [2.45, 2.75) is 63.8 Å². The van der Waals surface area contributed by atoms with E-state index in [9.17, 15) is 15.0 Å². The van der Waals surface area contributed by atoms with Crippen LogP contribution in [0.5, 0.6) is 0 Å². The van der Waals surface area contributed by atoms with E-state index in [0.29, 0.717) is 12.8 Å². The highest BCUT2D eigenvalue weighted by Gasteiger charge is 2.57. The third-order valence-corrected chi connectivity index (χ3v) is 10.6. The number of hydrogen-bond donors (Lipinski definition) is 2. The van der Waals surface area contributed by atoms with Crippen molar-refractivity contribution in [3.05, 3.63) is 12.7 Å². The van der Waals surface area contributed by atoms with Gasteiger partial charge in [0, 0.05) is 6.08 Å². The van der Waals surface area contributed by atoms with Crippen molar-refractivity contribution >= 4 is 22.6 Å². The number of aliphatic hydroxyl groups is 2. The molecule has 124 valence electrons. The molecule has 2 unspecified atom stereocenters. The van der Waals surface area contributed by atoms with E-state index in [4.69, 9.17) is 8.85 Å². The van der Waals surface area contributed by atoms with Crippen molar-refractivity contribution < 1.29 is 23.9 Å². The van der Waals surface area contributed by atoms with Crippen molar-refractivity contribution in [2.75, 3.05) is 6.61 Å². The average molecular weight is 335 g/mol. The maximum atomic E-state index is 11.8. The minimum absolute atomic E-state index is 0.442. The van der Waals surface area contributed by atoms with Gasteiger partial charge in [0.2, 0.25) is 8.32 Å². The molecular weight excluding hydrogens is 304 g/mol. The van der Waals surface area contributed by atoms with Gasteiger partial charge in [-0.3, -0.25) is 0 Å². The molecule has 0 amide bonds. The summed E-state index contributed by atoms with van der Waals surface area (Å²) < 4.78 is 11.9. The summed E-state index contributed by atoms with van der Waals surface area (Å²) in [7, 11) is -4.54. The molecule has 2 N–H and O–H groups in total. The molecule has 0 aliphatic heterocycles. The van der Waals surface area contributed by atoms with E-state index in [-0.39, 0.29) is 0 Å². The summed E-state index contributed by atoms with van der Waals surface area (Å²) in [6, 6.07) is 0. The molecule has 5 nitrogen and oxygen atoms in total. The highest BCUT2D eigenvalue weighted by Crippen LogP contribution is 2.36. The first-order valence-electron chi connectivity index (χ1n) is 7.30. The minimum atomic E-state index is -2.64. The Morgan fingerprint density at radius 2 is 1.86 bits per heavy atom. The van der Waals surface area contributed by atoms with Gasteiger partial charge in [-0.1, -0.05) is 19.9 Å². The topological polar surface area (TPSA) is 76.0 Å². The summed E-state index contributed by atoms with van der Waals surface area (Å²) in [5, 5.41) is 18.7. The largest absolute Gasteiger partial charge is 0.454 e. The zero-order chi connectivity index (χ0) is 16.9. The molecule has 0 radical (unpaired) electrons. The molecule has 0 bridgehead atoms. The number of esters is 1. The molecule has 0 spiro atoms. The average Bonchev–Trinajstić information content (AvgIpc) is 2.33. The smallest absolute Gasteiger partial charge is 0.330 e. The van der Waals surface area contributed by atoms with Crippen LogP contribution in [0.1, 0.15) is 19.8 Å². The Labute approximate surface area is 130 Å². The maximum absolute atomic E-state index is 11.8. The van der Waals surface area contributed by atoms with E-state index in [1.807, 2.05) is 20.0 Å². The fraction of sp³-hybridized carbons (Fsp3) is 0.786. The van der Waals surface area contributed by atoms with Gasteiger partial charge >= 0.3 is 5.97 Å². The molecule has 0 aliphatic rings. The Hall–Kier alpha value is -0.476. The molecule has 0 aromatic heterocycles. The van der Waals surface area contributed by atoms with E-state index in [1.165, 1.54) is 0 Å². The normalized spacial score (nSPS) is 17.0. The fourth-order valence-corrected chi connectivity index (χ4v) is 11.6. The number of carbonyl (C=O) groups excluding carboxylic acids is 1. The third kappa shape index (κ3) is 5.33. The molecular formula is C14H30O5Si2. The number of ether oxygens (including phenoxy) is 1. The lowest BCUT2D eigenvalue weighted by Gasteiger charge is -2.48. The summed E-state index contributed by atoms with van der Waals surface area (Å²) in [6.07, 6.45) is 1.05. The standard InChI is InChI=1S/C14H30O5Si2/c1-8-10-14(12(16)11-15,18-13(17)9-2)21(6,7)19-20(3,4)5/h9,12,15-16H,2,8,10-11H2,1,3-7H3. The molecule has 7 heteroatoms. The van der Waals surface area contributed by atoms with Crippen LogP contribution in [0, 0.1) is 0 Å². The Morgan fingerprint density at radius 3 is 2.19 bits per heavy atom. The molecule has 0 aromatic carbocycles. The lowest BCUT2D eigenvalue weighted by Crippen LogP contribution is -2.68. The lowest BCUT2D eigenvalue weighted by atomic mass is 10.1. The molecule has 0 fully saturated rings. The summed E-state index contributed by atoms with van der Waals surface area (Å²) in [5.41, 5.74) is 0. The van der Waals surface area contributed by atoms with Gasteiger partial charge in [0.25, 0.3) is 0 Å². The zero-order valence-electron chi connectivity index (χ0n) is 14.1. The minimum Gasteiger partial charge on any atom is -0.454 e. The molecule has 0 rings (SSSR count). The van der Waals surface area contributed by atoms with Crippen molar-refractivity contribution in [1.82, 2.24) is 0 Å². The van der Waals surface area contributed by atoms with Crippen molar-refractivity contribution in [3.8, 4) is 0 Å². The first-order chi connectivity index (χ1) is 9.45. The molecule has 2 atom stereocenters. The van der Waals surface area contributed by atoms with Crippen molar-refractivity contribution in [2.24, 2.45) is 0 Å². The van der Waals surface area contributed by atoms with E-state index in [2.05, 4.69) is 26.2 Å². The van der Waals surface area contributed by atoms with Crippen LogP contribution in [-0.4, -0.2) is 50.8 Å². The van der Waals surface area contributed by atoms with Crippen LogP contribution in [0.4, 0.5) is 0 Å². The van der Waals surface area contributed by atoms with Crippen molar-refractivity contribution in [3.63, 3.8) is 0 Å². The SMILES string of the molecule is C=CC(=O)OC(CCC)(C(O)CO)[Si](C)(C)O[Si](C)(C)C. The second-order valence-electron chi connectivity index (χ2n) is 6.69. The van der Waals surface area contributed by atoms with E-state index in [1.54, 1.807) is 0 Å². The van der Waals surface area contributed by atoms with Crippen LogP contribution < -0.4 is 0 Å². The van der Waals surface area contributed by atoms with Gasteiger partial charge in [0.15, 0.2) is 13.5 Å². The molecule has 0 aromatic rings. The van der Waals surface area contributed by atoms with Crippen LogP contribution in [0.25, 0.3) is 0 Å². The fourth-order valence-electron chi connectivity index (χ4n) is 2.70. The van der Waals surface area contributed by atoms with Crippen LogP contribution in [-0.2, 0) is 13.6 Å². The zero-order valence-corrected chi connectivity index (χ0v) is 16.1. The monoisotopic (exact) mass is 334 g/mol. The van der Waals surface area contributed by atoms with Gasteiger partial charge in [-0.2, -0.15) is 0 Å². The number of hydrogen-bond acceptors (Lipinski definition) is 5. The number of carbonyl (C=O) groups is 1. The number of rotatable bonds is 9. The first kappa shape index (κ1) is 20.5. The number of aliphatic hydroxyl groups excluding tert-OH is 2. The Bertz CT molecular complexity index is 365. The second-order valence-corrected chi connectivity index (χ2v) is 15.6.